The third-order valence-corrected chi connectivity index (χ3v) is 2.81. The van der Waals surface area contributed by atoms with Gasteiger partial charge in [-0.3, -0.25) is 0 Å². The zero-order chi connectivity index (χ0) is 15.2. The molecule has 0 N–H and O–H groups in total. The summed E-state index contributed by atoms with van der Waals surface area (Å²) in [5.74, 6) is 11.9. The second-order valence-electron chi connectivity index (χ2n) is 4.53. The van der Waals surface area contributed by atoms with E-state index in [-0.39, 0.29) is 6.10 Å². The van der Waals surface area contributed by atoms with Crippen LogP contribution in [-0.2, 0) is 11.2 Å². The van der Waals surface area contributed by atoms with Gasteiger partial charge in [0.25, 0.3) is 0 Å². The van der Waals surface area contributed by atoms with E-state index in [1.165, 1.54) is 5.56 Å². The molecule has 0 aliphatic rings. The average molecular weight is 278 g/mol. The van der Waals surface area contributed by atoms with Crippen LogP contribution in [-0.4, -0.2) is 12.7 Å². The molecule has 1 nitrogen and oxygen atoms in total. The minimum Gasteiger partial charge on any atom is -0.361 e. The highest BCUT2D eigenvalue weighted by molar-refractivity contribution is 5.28. The Hall–Kier alpha value is -2.22. The van der Waals surface area contributed by atoms with Crippen LogP contribution >= 0.6 is 0 Å². The van der Waals surface area contributed by atoms with Crippen molar-refractivity contribution in [2.24, 2.45) is 0 Å². The lowest BCUT2D eigenvalue weighted by Gasteiger charge is -2.08. The molecule has 21 heavy (non-hydrogen) atoms. The van der Waals surface area contributed by atoms with Crippen molar-refractivity contribution >= 4 is 0 Å². The molecule has 1 aromatic rings. The quantitative estimate of drug-likeness (QED) is 0.512. The third kappa shape index (κ3) is 8.53. The molecule has 1 aromatic carbocycles. The highest BCUT2D eigenvalue weighted by atomic mass is 16.5. The number of aryl methyl sites for hydroxylation is 1. The molecule has 0 saturated heterocycles. The molecule has 108 valence electrons. The summed E-state index contributed by atoms with van der Waals surface area (Å²) in [5.41, 5.74) is 1.30. The van der Waals surface area contributed by atoms with Gasteiger partial charge in [-0.05, 0) is 36.7 Å². The van der Waals surface area contributed by atoms with Crippen molar-refractivity contribution in [3.05, 3.63) is 61.2 Å². The van der Waals surface area contributed by atoms with Crippen molar-refractivity contribution in [3.8, 4) is 23.7 Å². The minimum absolute atomic E-state index is 0.0931. The van der Waals surface area contributed by atoms with Crippen LogP contribution < -0.4 is 0 Å². The minimum atomic E-state index is -0.0931. The van der Waals surface area contributed by atoms with Gasteiger partial charge in [-0.15, -0.1) is 13.2 Å². The summed E-state index contributed by atoms with van der Waals surface area (Å²) in [7, 11) is 0. The molecule has 0 bridgehead atoms. The van der Waals surface area contributed by atoms with E-state index in [1.54, 1.807) is 6.08 Å². The molecular weight excluding hydrogens is 256 g/mol. The van der Waals surface area contributed by atoms with Crippen LogP contribution in [0.4, 0.5) is 0 Å². The van der Waals surface area contributed by atoms with Gasteiger partial charge in [-0.25, -0.2) is 0 Å². The molecule has 0 radical (unpaired) electrons. The van der Waals surface area contributed by atoms with Gasteiger partial charge >= 0.3 is 0 Å². The van der Waals surface area contributed by atoms with E-state index in [0.717, 1.165) is 25.7 Å². The number of benzene rings is 1. The number of hydrogen-bond donors (Lipinski definition) is 0. The van der Waals surface area contributed by atoms with Gasteiger partial charge in [-0.2, -0.15) is 0 Å². The summed E-state index contributed by atoms with van der Waals surface area (Å²) >= 11 is 0. The first-order chi connectivity index (χ1) is 10.4. The Morgan fingerprint density at radius 2 is 1.90 bits per heavy atom. The highest BCUT2D eigenvalue weighted by Crippen LogP contribution is 2.02. The SMILES string of the molecule is C=CCCC(C#CC#CCCc1ccccc1)OCC=C. The zero-order valence-corrected chi connectivity index (χ0v) is 12.5. The fraction of sp³-hybridized carbons (Fsp3) is 0.300. The van der Waals surface area contributed by atoms with Gasteiger partial charge in [0.15, 0.2) is 0 Å². The van der Waals surface area contributed by atoms with Crippen LogP contribution in [0.1, 0.15) is 24.8 Å². The second kappa shape index (κ2) is 11.6. The van der Waals surface area contributed by atoms with Gasteiger partial charge in [0.1, 0.15) is 6.10 Å². The lowest BCUT2D eigenvalue weighted by atomic mass is 10.1. The van der Waals surface area contributed by atoms with Crippen LogP contribution in [0.15, 0.2) is 55.6 Å². The molecule has 0 fully saturated rings. The van der Waals surface area contributed by atoms with Crippen molar-refractivity contribution in [3.63, 3.8) is 0 Å². The summed E-state index contributed by atoms with van der Waals surface area (Å²) in [6.07, 6.45) is 7.02. The molecule has 0 spiro atoms. The Morgan fingerprint density at radius 3 is 2.62 bits per heavy atom. The fourth-order valence-electron chi connectivity index (χ4n) is 1.73. The maximum absolute atomic E-state index is 5.56. The molecule has 0 amide bonds. The zero-order valence-electron chi connectivity index (χ0n) is 12.5. The predicted octanol–water partition coefficient (Wildman–Crippen LogP) is 4.16. The predicted molar refractivity (Wildman–Crippen MR) is 89.7 cm³/mol. The van der Waals surface area contributed by atoms with Gasteiger partial charge in [-0.1, -0.05) is 54.3 Å². The summed E-state index contributed by atoms with van der Waals surface area (Å²) in [6.45, 7) is 7.86. The Morgan fingerprint density at radius 1 is 1.10 bits per heavy atom. The van der Waals surface area contributed by atoms with Crippen molar-refractivity contribution < 1.29 is 4.74 Å². The summed E-state index contributed by atoms with van der Waals surface area (Å²) in [6, 6.07) is 10.3. The summed E-state index contributed by atoms with van der Waals surface area (Å²) in [5, 5.41) is 0. The molecule has 0 aromatic heterocycles. The van der Waals surface area contributed by atoms with E-state index < -0.39 is 0 Å². The van der Waals surface area contributed by atoms with E-state index in [1.807, 2.05) is 24.3 Å². The maximum Gasteiger partial charge on any atom is 0.119 e. The van der Waals surface area contributed by atoms with E-state index in [9.17, 15) is 0 Å². The first kappa shape index (κ1) is 16.8. The van der Waals surface area contributed by atoms with Crippen molar-refractivity contribution in [2.75, 3.05) is 6.61 Å². The van der Waals surface area contributed by atoms with Crippen molar-refractivity contribution in [1.82, 2.24) is 0 Å². The smallest absolute Gasteiger partial charge is 0.119 e. The molecule has 0 heterocycles. The normalized spacial score (nSPS) is 10.5. The van der Waals surface area contributed by atoms with Crippen LogP contribution in [0.2, 0.25) is 0 Å². The molecular formula is C20H22O. The van der Waals surface area contributed by atoms with Crippen LogP contribution in [0.25, 0.3) is 0 Å². The van der Waals surface area contributed by atoms with Crippen LogP contribution in [0.5, 0.6) is 0 Å². The third-order valence-electron chi connectivity index (χ3n) is 2.81. The van der Waals surface area contributed by atoms with Crippen molar-refractivity contribution in [1.29, 1.82) is 0 Å². The monoisotopic (exact) mass is 278 g/mol. The molecule has 1 unspecified atom stereocenters. The Bertz CT molecular complexity index is 522. The van der Waals surface area contributed by atoms with Gasteiger partial charge in [0.05, 0.1) is 6.61 Å². The fourth-order valence-corrected chi connectivity index (χ4v) is 1.73. The Kier molecular flexibility index (Phi) is 9.29. The van der Waals surface area contributed by atoms with Crippen LogP contribution in [0, 0.1) is 23.7 Å². The van der Waals surface area contributed by atoms with E-state index in [2.05, 4.69) is 49.0 Å². The van der Waals surface area contributed by atoms with Gasteiger partial charge in [0.2, 0.25) is 0 Å². The molecule has 1 atom stereocenters. The number of allylic oxidation sites excluding steroid dienone is 1. The number of ether oxygens (including phenoxy) is 1. The highest BCUT2D eigenvalue weighted by Gasteiger charge is 2.01. The first-order valence-electron chi connectivity index (χ1n) is 7.22. The molecule has 0 aliphatic carbocycles. The topological polar surface area (TPSA) is 9.23 Å². The summed E-state index contributed by atoms with van der Waals surface area (Å²) in [4.78, 5) is 0. The van der Waals surface area contributed by atoms with Gasteiger partial charge in [0, 0.05) is 6.42 Å². The summed E-state index contributed by atoms with van der Waals surface area (Å²) < 4.78 is 5.56. The largest absolute Gasteiger partial charge is 0.361 e. The molecule has 1 heteroatoms. The standard InChI is InChI=1S/C20H22O/c1-3-5-16-20(21-18-4-2)17-12-7-6-9-13-19-14-10-8-11-15-19/h3-4,8,10-11,14-15,20H,1-2,5,9,13,16,18H2. The lowest BCUT2D eigenvalue weighted by Crippen LogP contribution is -2.10. The molecule has 0 saturated carbocycles. The van der Waals surface area contributed by atoms with E-state index in [0.29, 0.717) is 6.61 Å². The van der Waals surface area contributed by atoms with E-state index >= 15 is 0 Å². The molecule has 1 rings (SSSR count). The number of rotatable bonds is 8. The van der Waals surface area contributed by atoms with Gasteiger partial charge < -0.3 is 4.74 Å². The van der Waals surface area contributed by atoms with Crippen molar-refractivity contribution in [2.45, 2.75) is 31.8 Å². The second-order valence-corrected chi connectivity index (χ2v) is 4.53. The Labute approximate surface area is 128 Å². The lowest BCUT2D eigenvalue weighted by molar-refractivity contribution is 0.110. The van der Waals surface area contributed by atoms with E-state index in [4.69, 9.17) is 4.74 Å². The Balaban J connectivity index is 2.38. The van der Waals surface area contributed by atoms with Crippen LogP contribution in [0.3, 0.4) is 0 Å². The number of hydrogen-bond acceptors (Lipinski definition) is 1. The average Bonchev–Trinajstić information content (AvgIpc) is 2.53. The first-order valence-corrected chi connectivity index (χ1v) is 7.22. The maximum atomic E-state index is 5.56. The molecule has 0 aliphatic heterocycles.